The smallest absolute Gasteiger partial charge is 0.319 e. The zero-order valence-corrected chi connectivity index (χ0v) is 17.6. The first kappa shape index (κ1) is 21.2. The lowest BCUT2D eigenvalue weighted by atomic mass is 10.2. The maximum Gasteiger partial charge on any atom is 0.319 e. The summed E-state index contributed by atoms with van der Waals surface area (Å²) >= 11 is 0. The van der Waals surface area contributed by atoms with Crippen LogP contribution in [-0.2, 0) is 6.61 Å². The van der Waals surface area contributed by atoms with E-state index < -0.39 is 0 Å². The molecule has 0 aliphatic rings. The van der Waals surface area contributed by atoms with Crippen LogP contribution in [-0.4, -0.2) is 25.7 Å². The van der Waals surface area contributed by atoms with Gasteiger partial charge in [0.05, 0.1) is 0 Å². The lowest BCUT2D eigenvalue weighted by Gasteiger charge is -2.23. The average molecular weight is 404 g/mol. The van der Waals surface area contributed by atoms with Crippen LogP contribution >= 0.6 is 0 Å². The van der Waals surface area contributed by atoms with Gasteiger partial charge in [-0.2, -0.15) is 0 Å². The molecular weight excluding hydrogens is 374 g/mol. The van der Waals surface area contributed by atoms with Gasteiger partial charge < -0.3 is 20.3 Å². The minimum atomic E-state index is -0.215. The fourth-order valence-electron chi connectivity index (χ4n) is 3.15. The highest BCUT2D eigenvalue weighted by atomic mass is 16.5. The molecule has 0 unspecified atom stereocenters. The fourth-order valence-corrected chi connectivity index (χ4v) is 3.15. The summed E-state index contributed by atoms with van der Waals surface area (Å²) in [6.07, 6.45) is 0. The molecule has 0 aromatic heterocycles. The second kappa shape index (κ2) is 10.9. The Hall–Kier alpha value is -3.47. The molecular formula is C25H29N3O2. The summed E-state index contributed by atoms with van der Waals surface area (Å²) in [5.74, 6) is 0.765. The van der Waals surface area contributed by atoms with Crippen molar-refractivity contribution in [2.24, 2.45) is 0 Å². The Balaban J connectivity index is 1.42. The van der Waals surface area contributed by atoms with Crippen LogP contribution < -0.4 is 20.3 Å². The highest BCUT2D eigenvalue weighted by molar-refractivity contribution is 5.89. The van der Waals surface area contributed by atoms with Crippen LogP contribution in [0.5, 0.6) is 5.75 Å². The Kier molecular flexibility index (Phi) is 7.72. The number of aryl methyl sites for hydroxylation is 1. The van der Waals surface area contributed by atoms with Gasteiger partial charge in [0.2, 0.25) is 0 Å². The highest BCUT2D eigenvalue weighted by Crippen LogP contribution is 2.17. The first-order chi connectivity index (χ1) is 14.6. The third-order valence-corrected chi connectivity index (χ3v) is 4.78. The van der Waals surface area contributed by atoms with Crippen LogP contribution in [0.4, 0.5) is 16.2 Å². The van der Waals surface area contributed by atoms with Gasteiger partial charge >= 0.3 is 6.03 Å². The van der Waals surface area contributed by atoms with Crippen molar-refractivity contribution >= 4 is 17.4 Å². The molecule has 0 spiro atoms. The Bertz CT molecular complexity index is 927. The van der Waals surface area contributed by atoms with Crippen molar-refractivity contribution in [3.8, 4) is 5.75 Å². The van der Waals surface area contributed by atoms with Crippen LogP contribution in [0.3, 0.4) is 0 Å². The van der Waals surface area contributed by atoms with E-state index in [1.54, 1.807) is 0 Å². The molecule has 0 radical (unpaired) electrons. The molecule has 5 nitrogen and oxygen atoms in total. The minimum Gasteiger partial charge on any atom is -0.489 e. The molecule has 3 aromatic carbocycles. The molecule has 0 saturated heterocycles. The molecule has 156 valence electrons. The summed E-state index contributed by atoms with van der Waals surface area (Å²) in [4.78, 5) is 14.4. The van der Waals surface area contributed by atoms with Gasteiger partial charge in [0, 0.05) is 31.0 Å². The highest BCUT2D eigenvalue weighted by Gasteiger charge is 2.06. The van der Waals surface area contributed by atoms with Crippen LogP contribution in [0, 0.1) is 6.92 Å². The number of urea groups is 1. The molecule has 0 aliphatic carbocycles. The third-order valence-electron chi connectivity index (χ3n) is 4.78. The van der Waals surface area contributed by atoms with Crippen molar-refractivity contribution in [1.29, 1.82) is 0 Å². The first-order valence-corrected chi connectivity index (χ1v) is 10.3. The normalized spacial score (nSPS) is 10.3. The fraction of sp³-hybridized carbons (Fsp3) is 0.240. The van der Waals surface area contributed by atoms with Crippen LogP contribution in [0.1, 0.15) is 18.1 Å². The van der Waals surface area contributed by atoms with Gasteiger partial charge in [0.15, 0.2) is 0 Å². The van der Waals surface area contributed by atoms with E-state index in [1.165, 1.54) is 11.3 Å². The number of amides is 2. The van der Waals surface area contributed by atoms with Gasteiger partial charge in [-0.1, -0.05) is 42.5 Å². The van der Waals surface area contributed by atoms with Gasteiger partial charge in [0.1, 0.15) is 12.4 Å². The maximum atomic E-state index is 12.2. The van der Waals surface area contributed by atoms with Gasteiger partial charge in [-0.25, -0.2) is 4.79 Å². The zero-order valence-electron chi connectivity index (χ0n) is 17.6. The molecule has 0 bridgehead atoms. The number of carbonyl (C=O) groups is 1. The predicted molar refractivity (Wildman–Crippen MR) is 123 cm³/mol. The molecule has 0 atom stereocenters. The summed E-state index contributed by atoms with van der Waals surface area (Å²) in [6.45, 7) is 6.91. The first-order valence-electron chi connectivity index (χ1n) is 10.3. The molecule has 0 heterocycles. The molecule has 2 amide bonds. The van der Waals surface area contributed by atoms with E-state index in [-0.39, 0.29) is 6.03 Å². The van der Waals surface area contributed by atoms with E-state index in [1.807, 2.05) is 54.6 Å². The van der Waals surface area contributed by atoms with Crippen molar-refractivity contribution in [3.63, 3.8) is 0 Å². The van der Waals surface area contributed by atoms with Gasteiger partial charge in [0.25, 0.3) is 0 Å². The van der Waals surface area contributed by atoms with Crippen molar-refractivity contribution in [2.45, 2.75) is 20.5 Å². The average Bonchev–Trinajstić information content (AvgIpc) is 2.77. The molecule has 5 heteroatoms. The van der Waals surface area contributed by atoms with Crippen LogP contribution in [0.25, 0.3) is 0 Å². The van der Waals surface area contributed by atoms with Crippen molar-refractivity contribution in [1.82, 2.24) is 5.32 Å². The molecule has 0 aliphatic heterocycles. The van der Waals surface area contributed by atoms with E-state index in [9.17, 15) is 4.79 Å². The van der Waals surface area contributed by atoms with E-state index in [4.69, 9.17) is 4.74 Å². The second-order valence-electron chi connectivity index (χ2n) is 7.10. The number of hydrogen-bond acceptors (Lipinski definition) is 3. The van der Waals surface area contributed by atoms with Crippen molar-refractivity contribution in [3.05, 3.63) is 90.0 Å². The Morgan fingerprint density at radius 3 is 2.43 bits per heavy atom. The number of rotatable bonds is 9. The number of benzene rings is 3. The summed E-state index contributed by atoms with van der Waals surface area (Å²) < 4.78 is 5.77. The monoisotopic (exact) mass is 403 g/mol. The van der Waals surface area contributed by atoms with Crippen molar-refractivity contribution < 1.29 is 9.53 Å². The van der Waals surface area contributed by atoms with Gasteiger partial charge in [-0.15, -0.1) is 0 Å². The largest absolute Gasteiger partial charge is 0.489 e. The van der Waals surface area contributed by atoms with E-state index in [0.29, 0.717) is 13.2 Å². The third kappa shape index (κ3) is 6.55. The topological polar surface area (TPSA) is 53.6 Å². The summed E-state index contributed by atoms with van der Waals surface area (Å²) in [7, 11) is 0. The lowest BCUT2D eigenvalue weighted by molar-refractivity contribution is 0.252. The molecule has 0 saturated carbocycles. The van der Waals surface area contributed by atoms with Crippen LogP contribution in [0.2, 0.25) is 0 Å². The Morgan fingerprint density at radius 2 is 1.73 bits per heavy atom. The number of ether oxygens (including phenoxy) is 1. The number of nitrogens with one attached hydrogen (secondary N) is 2. The van der Waals surface area contributed by atoms with Gasteiger partial charge in [-0.05, 0) is 61.4 Å². The van der Waals surface area contributed by atoms with E-state index in [0.717, 1.165) is 30.1 Å². The summed E-state index contributed by atoms with van der Waals surface area (Å²) in [6, 6.07) is 25.6. The van der Waals surface area contributed by atoms with Gasteiger partial charge in [-0.3, -0.25) is 0 Å². The standard InChI is InChI=1S/C25H29N3O2/c1-3-28(23-11-7-8-20(2)18-23)17-16-26-25(29)27-22-12-14-24(15-13-22)30-19-21-9-5-4-6-10-21/h4-15,18H,3,16-17,19H2,1-2H3,(H2,26,27,29). The number of likely N-dealkylation sites (N-methyl/N-ethyl adjacent to an activating group) is 1. The number of anilines is 2. The number of carbonyl (C=O) groups excluding carboxylic acids is 1. The maximum absolute atomic E-state index is 12.2. The molecule has 3 rings (SSSR count). The second-order valence-corrected chi connectivity index (χ2v) is 7.10. The molecule has 30 heavy (non-hydrogen) atoms. The molecule has 2 N–H and O–H groups in total. The van der Waals surface area contributed by atoms with E-state index in [2.05, 4.69) is 53.6 Å². The van der Waals surface area contributed by atoms with E-state index >= 15 is 0 Å². The summed E-state index contributed by atoms with van der Waals surface area (Å²) in [5, 5.41) is 5.78. The number of hydrogen-bond donors (Lipinski definition) is 2. The molecule has 3 aromatic rings. The Labute approximate surface area is 178 Å². The Morgan fingerprint density at radius 1 is 0.967 bits per heavy atom. The predicted octanol–water partition coefficient (Wildman–Crippen LogP) is 5.22. The number of nitrogens with zero attached hydrogens (tertiary/aromatic N) is 1. The minimum absolute atomic E-state index is 0.215. The quantitative estimate of drug-likeness (QED) is 0.515. The summed E-state index contributed by atoms with van der Waals surface area (Å²) in [5.41, 5.74) is 4.25. The lowest BCUT2D eigenvalue weighted by Crippen LogP contribution is -2.37. The zero-order chi connectivity index (χ0) is 21.2. The van der Waals surface area contributed by atoms with Crippen molar-refractivity contribution in [2.75, 3.05) is 29.9 Å². The SMILES string of the molecule is CCN(CCNC(=O)Nc1ccc(OCc2ccccc2)cc1)c1cccc(C)c1. The molecule has 0 fully saturated rings. The van der Waals surface area contributed by atoms with Crippen LogP contribution in [0.15, 0.2) is 78.9 Å².